The minimum atomic E-state index is -0.251. The molecule has 1 N–H and O–H groups in total. The number of amides is 2. The Balaban J connectivity index is 1.76. The molecule has 4 heteroatoms. The Morgan fingerprint density at radius 3 is 2.37 bits per heavy atom. The maximum atomic E-state index is 12.7. The van der Waals surface area contributed by atoms with Gasteiger partial charge in [-0.1, -0.05) is 19.3 Å². The summed E-state index contributed by atoms with van der Waals surface area (Å²) in [5, 5.41) is 2.96. The number of carbonyl (C=O) groups is 2. The monoisotopic (exact) mass is 264 g/mol. The highest BCUT2D eigenvalue weighted by molar-refractivity contribution is 5.95. The molecule has 2 saturated carbocycles. The summed E-state index contributed by atoms with van der Waals surface area (Å²) in [5.74, 6) is 0.564. The largest absolute Gasteiger partial charge is 0.342 e. The van der Waals surface area contributed by atoms with E-state index in [2.05, 4.69) is 12.2 Å². The number of piperazine rings is 1. The minimum absolute atomic E-state index is 0.0308. The van der Waals surface area contributed by atoms with Gasteiger partial charge in [0, 0.05) is 5.54 Å². The van der Waals surface area contributed by atoms with Crippen LogP contribution in [0.2, 0.25) is 0 Å². The van der Waals surface area contributed by atoms with E-state index in [1.54, 1.807) is 0 Å². The number of rotatable bonds is 2. The lowest BCUT2D eigenvalue weighted by atomic mass is 9.75. The van der Waals surface area contributed by atoms with Gasteiger partial charge >= 0.3 is 0 Å². The molecular formula is C15H24N2O2. The molecule has 3 aliphatic rings. The summed E-state index contributed by atoms with van der Waals surface area (Å²) in [4.78, 5) is 26.5. The molecule has 1 heterocycles. The van der Waals surface area contributed by atoms with Crippen molar-refractivity contribution in [3.63, 3.8) is 0 Å². The molecule has 19 heavy (non-hydrogen) atoms. The summed E-state index contributed by atoms with van der Waals surface area (Å²) in [6.45, 7) is 2.39. The molecular weight excluding hydrogens is 240 g/mol. The van der Waals surface area contributed by atoms with E-state index in [0.717, 1.165) is 25.7 Å². The number of hydrogen-bond acceptors (Lipinski definition) is 2. The molecule has 0 aromatic carbocycles. The zero-order chi connectivity index (χ0) is 13.5. The lowest BCUT2D eigenvalue weighted by molar-refractivity contribution is -0.155. The Hall–Kier alpha value is -1.06. The standard InChI is InChI=1S/C15H24N2O2/c1-15(8-5-9-15)17-10-12(18)16-13(14(17)19)11-6-3-2-4-7-11/h11,13H,2-10H2,1H3,(H,16,18). The van der Waals surface area contributed by atoms with Crippen LogP contribution in [0.15, 0.2) is 0 Å². The van der Waals surface area contributed by atoms with Crippen molar-refractivity contribution >= 4 is 11.8 Å². The average molecular weight is 264 g/mol. The van der Waals surface area contributed by atoms with Crippen LogP contribution >= 0.6 is 0 Å². The van der Waals surface area contributed by atoms with Crippen molar-refractivity contribution < 1.29 is 9.59 Å². The third kappa shape index (κ3) is 2.26. The highest BCUT2D eigenvalue weighted by Gasteiger charge is 2.47. The van der Waals surface area contributed by atoms with Gasteiger partial charge in [-0.2, -0.15) is 0 Å². The topological polar surface area (TPSA) is 49.4 Å². The Morgan fingerprint density at radius 2 is 1.79 bits per heavy atom. The molecule has 3 fully saturated rings. The highest BCUT2D eigenvalue weighted by Crippen LogP contribution is 2.39. The molecule has 106 valence electrons. The Morgan fingerprint density at radius 1 is 1.11 bits per heavy atom. The Labute approximate surface area is 114 Å². The number of hydrogen-bond donors (Lipinski definition) is 1. The first-order valence-corrected chi connectivity index (χ1v) is 7.71. The van der Waals surface area contributed by atoms with Crippen LogP contribution in [0.4, 0.5) is 0 Å². The summed E-state index contributed by atoms with van der Waals surface area (Å²) in [6.07, 6.45) is 9.10. The van der Waals surface area contributed by atoms with E-state index in [1.165, 1.54) is 25.7 Å². The van der Waals surface area contributed by atoms with Crippen LogP contribution in [0, 0.1) is 5.92 Å². The van der Waals surface area contributed by atoms with Crippen molar-refractivity contribution in [2.24, 2.45) is 5.92 Å². The van der Waals surface area contributed by atoms with Gasteiger partial charge in [0.2, 0.25) is 11.8 Å². The quantitative estimate of drug-likeness (QED) is 0.827. The van der Waals surface area contributed by atoms with Crippen LogP contribution in [-0.2, 0) is 9.59 Å². The third-order valence-electron chi connectivity index (χ3n) is 5.35. The fraction of sp³-hybridized carbons (Fsp3) is 0.867. The molecule has 1 atom stereocenters. The third-order valence-corrected chi connectivity index (χ3v) is 5.35. The van der Waals surface area contributed by atoms with Crippen LogP contribution < -0.4 is 5.32 Å². The molecule has 0 spiro atoms. The van der Waals surface area contributed by atoms with Gasteiger partial charge in [-0.15, -0.1) is 0 Å². The van der Waals surface area contributed by atoms with Crippen molar-refractivity contribution in [2.45, 2.75) is 69.9 Å². The van der Waals surface area contributed by atoms with Crippen LogP contribution in [0.3, 0.4) is 0 Å². The highest BCUT2D eigenvalue weighted by atomic mass is 16.2. The maximum Gasteiger partial charge on any atom is 0.246 e. The normalized spacial score (nSPS) is 31.8. The number of nitrogens with one attached hydrogen (secondary N) is 1. The zero-order valence-corrected chi connectivity index (χ0v) is 11.8. The van der Waals surface area contributed by atoms with Crippen LogP contribution in [0.25, 0.3) is 0 Å². The molecule has 0 aromatic heterocycles. The second kappa shape index (κ2) is 4.80. The Kier molecular flexibility index (Phi) is 3.27. The lowest BCUT2D eigenvalue weighted by Crippen LogP contribution is -2.67. The fourth-order valence-electron chi connectivity index (χ4n) is 3.87. The average Bonchev–Trinajstić information content (AvgIpc) is 2.39. The molecule has 2 aliphatic carbocycles. The fourth-order valence-corrected chi connectivity index (χ4v) is 3.87. The predicted octanol–water partition coefficient (Wildman–Crippen LogP) is 1.84. The van der Waals surface area contributed by atoms with E-state index in [9.17, 15) is 9.59 Å². The first kappa shape index (κ1) is 12.9. The molecule has 0 bridgehead atoms. The van der Waals surface area contributed by atoms with Gasteiger partial charge in [0.1, 0.15) is 12.6 Å². The van der Waals surface area contributed by atoms with E-state index < -0.39 is 0 Å². The van der Waals surface area contributed by atoms with E-state index >= 15 is 0 Å². The van der Waals surface area contributed by atoms with E-state index in [4.69, 9.17) is 0 Å². The van der Waals surface area contributed by atoms with E-state index in [1.807, 2.05) is 4.90 Å². The predicted molar refractivity (Wildman–Crippen MR) is 72.5 cm³/mol. The van der Waals surface area contributed by atoms with Gasteiger partial charge < -0.3 is 10.2 Å². The van der Waals surface area contributed by atoms with Gasteiger partial charge in [-0.25, -0.2) is 0 Å². The van der Waals surface area contributed by atoms with Crippen molar-refractivity contribution in [3.05, 3.63) is 0 Å². The number of carbonyl (C=O) groups excluding carboxylic acids is 2. The van der Waals surface area contributed by atoms with Gasteiger partial charge in [-0.3, -0.25) is 9.59 Å². The first-order valence-electron chi connectivity index (χ1n) is 7.71. The minimum Gasteiger partial charge on any atom is -0.342 e. The SMILES string of the molecule is CC1(N2CC(=O)NC(C3CCCCC3)C2=O)CCC1. The van der Waals surface area contributed by atoms with Gasteiger partial charge in [0.25, 0.3) is 0 Å². The molecule has 1 unspecified atom stereocenters. The second-order valence-electron chi connectivity index (χ2n) is 6.72. The summed E-state index contributed by atoms with van der Waals surface area (Å²) in [6, 6.07) is -0.251. The van der Waals surface area contributed by atoms with E-state index in [0.29, 0.717) is 5.92 Å². The van der Waals surface area contributed by atoms with Crippen molar-refractivity contribution in [1.82, 2.24) is 10.2 Å². The number of nitrogens with zero attached hydrogens (tertiary/aromatic N) is 1. The smallest absolute Gasteiger partial charge is 0.246 e. The summed E-state index contributed by atoms with van der Waals surface area (Å²) in [7, 11) is 0. The molecule has 2 amide bonds. The van der Waals surface area contributed by atoms with Crippen molar-refractivity contribution in [3.8, 4) is 0 Å². The molecule has 3 rings (SSSR count). The van der Waals surface area contributed by atoms with Crippen LogP contribution in [0.1, 0.15) is 58.3 Å². The maximum absolute atomic E-state index is 12.7. The van der Waals surface area contributed by atoms with Gasteiger partial charge in [0.05, 0.1) is 0 Å². The van der Waals surface area contributed by atoms with Crippen LogP contribution in [0.5, 0.6) is 0 Å². The Bertz CT molecular complexity index is 384. The second-order valence-corrected chi connectivity index (χ2v) is 6.72. The summed E-state index contributed by atoms with van der Waals surface area (Å²) >= 11 is 0. The summed E-state index contributed by atoms with van der Waals surface area (Å²) in [5.41, 5.74) is -0.0538. The molecule has 0 aromatic rings. The summed E-state index contributed by atoms with van der Waals surface area (Å²) < 4.78 is 0. The molecule has 1 aliphatic heterocycles. The van der Waals surface area contributed by atoms with Gasteiger partial charge in [0.15, 0.2) is 0 Å². The van der Waals surface area contributed by atoms with E-state index in [-0.39, 0.29) is 29.9 Å². The first-order chi connectivity index (χ1) is 9.10. The molecule has 4 nitrogen and oxygen atoms in total. The zero-order valence-electron chi connectivity index (χ0n) is 11.8. The van der Waals surface area contributed by atoms with Crippen molar-refractivity contribution in [2.75, 3.05) is 6.54 Å². The van der Waals surface area contributed by atoms with Gasteiger partial charge in [-0.05, 0) is 44.9 Å². The van der Waals surface area contributed by atoms with Crippen LogP contribution in [-0.4, -0.2) is 34.8 Å². The molecule has 1 saturated heterocycles. The lowest BCUT2D eigenvalue weighted by Gasteiger charge is -2.51. The van der Waals surface area contributed by atoms with Crippen molar-refractivity contribution in [1.29, 1.82) is 0 Å². The molecule has 0 radical (unpaired) electrons.